The Morgan fingerprint density at radius 2 is 1.89 bits per heavy atom. The molecule has 3 unspecified atom stereocenters. The molecule has 0 saturated heterocycles. The molecule has 0 amide bonds. The molecule has 1 fully saturated rings. The normalized spacial score (nSPS) is 31.7. The zero-order valence-corrected chi connectivity index (χ0v) is 11.5. The lowest BCUT2D eigenvalue weighted by molar-refractivity contribution is 0.229. The summed E-state index contributed by atoms with van der Waals surface area (Å²) >= 11 is 0. The molecule has 0 heterocycles. The summed E-state index contributed by atoms with van der Waals surface area (Å²) in [6, 6.07) is 10.9. The highest BCUT2D eigenvalue weighted by Gasteiger charge is 2.40. The molecule has 1 aromatic rings. The standard InChI is InChI=1S/C16H22N2/c1-12-5-8-15(9-6-12)18-16(11-17)10-13(2)4-7-14(16)3/h5-6,8-9,13-14,18H,4,7,10H2,1-3H3. The molecule has 18 heavy (non-hydrogen) atoms. The van der Waals surface area contributed by atoms with Gasteiger partial charge in [0.05, 0.1) is 6.07 Å². The fraction of sp³-hybridized carbons (Fsp3) is 0.562. The van der Waals surface area contributed by atoms with Crippen LogP contribution in [0.15, 0.2) is 24.3 Å². The van der Waals surface area contributed by atoms with Crippen LogP contribution in [0.4, 0.5) is 5.69 Å². The van der Waals surface area contributed by atoms with Crippen LogP contribution in [-0.2, 0) is 0 Å². The SMILES string of the molecule is Cc1ccc(NC2(C#N)CC(C)CCC2C)cc1. The van der Waals surface area contributed by atoms with Crippen molar-refractivity contribution in [3.63, 3.8) is 0 Å². The van der Waals surface area contributed by atoms with Gasteiger partial charge in [-0.2, -0.15) is 5.26 Å². The van der Waals surface area contributed by atoms with E-state index in [4.69, 9.17) is 0 Å². The van der Waals surface area contributed by atoms with Gasteiger partial charge < -0.3 is 5.32 Å². The lowest BCUT2D eigenvalue weighted by atomic mass is 9.70. The summed E-state index contributed by atoms with van der Waals surface area (Å²) in [5.74, 6) is 1.03. The molecule has 0 bridgehead atoms. The molecule has 1 aliphatic carbocycles. The largest absolute Gasteiger partial charge is 0.367 e. The van der Waals surface area contributed by atoms with Crippen LogP contribution in [-0.4, -0.2) is 5.54 Å². The van der Waals surface area contributed by atoms with E-state index in [-0.39, 0.29) is 0 Å². The molecule has 1 saturated carbocycles. The fourth-order valence-corrected chi connectivity index (χ4v) is 2.89. The number of nitriles is 1. The summed E-state index contributed by atoms with van der Waals surface area (Å²) in [5, 5.41) is 13.1. The van der Waals surface area contributed by atoms with Crippen molar-refractivity contribution >= 4 is 5.69 Å². The summed E-state index contributed by atoms with van der Waals surface area (Å²) in [6.45, 7) is 6.51. The Kier molecular flexibility index (Phi) is 3.61. The molecule has 0 spiro atoms. The Hall–Kier alpha value is -1.49. The van der Waals surface area contributed by atoms with Gasteiger partial charge in [-0.05, 0) is 43.7 Å². The van der Waals surface area contributed by atoms with Crippen LogP contribution in [0.1, 0.15) is 38.7 Å². The van der Waals surface area contributed by atoms with Gasteiger partial charge >= 0.3 is 0 Å². The first-order valence-corrected chi connectivity index (χ1v) is 6.82. The van der Waals surface area contributed by atoms with Crippen molar-refractivity contribution in [3.05, 3.63) is 29.8 Å². The Balaban J connectivity index is 2.22. The molecule has 96 valence electrons. The van der Waals surface area contributed by atoms with Crippen molar-refractivity contribution < 1.29 is 0 Å². The van der Waals surface area contributed by atoms with Gasteiger partial charge in [0.1, 0.15) is 5.54 Å². The lowest BCUT2D eigenvalue weighted by Gasteiger charge is -2.41. The number of rotatable bonds is 2. The second-order valence-corrected chi connectivity index (χ2v) is 5.86. The van der Waals surface area contributed by atoms with E-state index in [1.807, 2.05) is 0 Å². The molecule has 2 heteroatoms. The topological polar surface area (TPSA) is 35.8 Å². The van der Waals surface area contributed by atoms with Gasteiger partial charge in [0.25, 0.3) is 0 Å². The van der Waals surface area contributed by atoms with E-state index < -0.39 is 5.54 Å². The third-order valence-corrected chi connectivity index (χ3v) is 4.22. The highest BCUT2D eigenvalue weighted by atomic mass is 15.0. The molecule has 0 aromatic heterocycles. The number of benzene rings is 1. The zero-order chi connectivity index (χ0) is 13.2. The first-order valence-electron chi connectivity index (χ1n) is 6.82. The lowest BCUT2D eigenvalue weighted by Crippen LogP contribution is -2.47. The number of hydrogen-bond donors (Lipinski definition) is 1. The molecular weight excluding hydrogens is 220 g/mol. The van der Waals surface area contributed by atoms with E-state index in [1.165, 1.54) is 12.0 Å². The monoisotopic (exact) mass is 242 g/mol. The molecule has 0 aliphatic heterocycles. The van der Waals surface area contributed by atoms with Crippen LogP contribution in [0.3, 0.4) is 0 Å². The van der Waals surface area contributed by atoms with Crippen LogP contribution >= 0.6 is 0 Å². The van der Waals surface area contributed by atoms with Gasteiger partial charge in [0, 0.05) is 5.69 Å². The average molecular weight is 242 g/mol. The van der Waals surface area contributed by atoms with E-state index in [9.17, 15) is 5.26 Å². The molecule has 1 N–H and O–H groups in total. The van der Waals surface area contributed by atoms with Crippen LogP contribution in [0.5, 0.6) is 0 Å². The predicted molar refractivity (Wildman–Crippen MR) is 75.3 cm³/mol. The quantitative estimate of drug-likeness (QED) is 0.846. The number of nitrogens with one attached hydrogen (secondary N) is 1. The van der Waals surface area contributed by atoms with Crippen molar-refractivity contribution in [2.75, 3.05) is 5.32 Å². The number of aryl methyl sites for hydroxylation is 1. The summed E-state index contributed by atoms with van der Waals surface area (Å²) in [5.41, 5.74) is 1.91. The van der Waals surface area contributed by atoms with Crippen molar-refractivity contribution in [3.8, 4) is 6.07 Å². The van der Waals surface area contributed by atoms with Gasteiger partial charge in [-0.15, -0.1) is 0 Å². The van der Waals surface area contributed by atoms with E-state index in [1.54, 1.807) is 0 Å². The maximum Gasteiger partial charge on any atom is 0.128 e. The molecule has 1 aliphatic rings. The minimum atomic E-state index is -0.396. The summed E-state index contributed by atoms with van der Waals surface area (Å²) < 4.78 is 0. The van der Waals surface area contributed by atoms with Crippen molar-refractivity contribution in [2.45, 2.75) is 45.6 Å². The van der Waals surface area contributed by atoms with Gasteiger partial charge in [-0.1, -0.05) is 38.0 Å². The Labute approximate surface area is 110 Å². The van der Waals surface area contributed by atoms with Crippen LogP contribution in [0.25, 0.3) is 0 Å². The maximum absolute atomic E-state index is 9.63. The number of nitrogens with zero attached hydrogens (tertiary/aromatic N) is 1. The van der Waals surface area contributed by atoms with E-state index in [0.29, 0.717) is 11.8 Å². The fourth-order valence-electron chi connectivity index (χ4n) is 2.89. The van der Waals surface area contributed by atoms with Crippen molar-refractivity contribution in [1.82, 2.24) is 0 Å². The second-order valence-electron chi connectivity index (χ2n) is 5.86. The van der Waals surface area contributed by atoms with E-state index in [2.05, 4.69) is 56.4 Å². The van der Waals surface area contributed by atoms with Gasteiger partial charge in [-0.3, -0.25) is 0 Å². The van der Waals surface area contributed by atoms with Crippen LogP contribution in [0, 0.1) is 30.1 Å². The minimum absolute atomic E-state index is 0.396. The smallest absolute Gasteiger partial charge is 0.128 e. The number of anilines is 1. The van der Waals surface area contributed by atoms with Gasteiger partial charge in [-0.25, -0.2) is 0 Å². The highest BCUT2D eigenvalue weighted by Crippen LogP contribution is 2.38. The molecule has 1 aromatic carbocycles. The van der Waals surface area contributed by atoms with E-state index in [0.717, 1.165) is 18.5 Å². The third kappa shape index (κ3) is 2.51. The Morgan fingerprint density at radius 1 is 1.22 bits per heavy atom. The van der Waals surface area contributed by atoms with E-state index >= 15 is 0 Å². The Morgan fingerprint density at radius 3 is 2.50 bits per heavy atom. The zero-order valence-electron chi connectivity index (χ0n) is 11.5. The number of hydrogen-bond acceptors (Lipinski definition) is 2. The Bertz CT molecular complexity index is 443. The predicted octanol–water partition coefficient (Wildman–Crippen LogP) is 4.13. The molecule has 2 nitrogen and oxygen atoms in total. The van der Waals surface area contributed by atoms with Crippen LogP contribution in [0.2, 0.25) is 0 Å². The summed E-state index contributed by atoms with van der Waals surface area (Å²) in [4.78, 5) is 0. The average Bonchev–Trinajstić information content (AvgIpc) is 2.37. The molecule has 2 rings (SSSR count). The minimum Gasteiger partial charge on any atom is -0.367 e. The second kappa shape index (κ2) is 5.02. The third-order valence-electron chi connectivity index (χ3n) is 4.22. The molecular formula is C16H22N2. The van der Waals surface area contributed by atoms with Crippen molar-refractivity contribution in [1.29, 1.82) is 5.26 Å². The summed E-state index contributed by atoms with van der Waals surface area (Å²) in [7, 11) is 0. The van der Waals surface area contributed by atoms with Crippen LogP contribution < -0.4 is 5.32 Å². The first kappa shape index (κ1) is 13.0. The van der Waals surface area contributed by atoms with Gasteiger partial charge in [0.2, 0.25) is 0 Å². The molecule has 3 atom stereocenters. The highest BCUT2D eigenvalue weighted by molar-refractivity contribution is 5.49. The van der Waals surface area contributed by atoms with Crippen molar-refractivity contribution in [2.24, 2.45) is 11.8 Å². The summed E-state index contributed by atoms with van der Waals surface area (Å²) in [6.07, 6.45) is 3.31. The molecule has 0 radical (unpaired) electrons. The van der Waals surface area contributed by atoms with Gasteiger partial charge in [0.15, 0.2) is 0 Å². The maximum atomic E-state index is 9.63. The first-order chi connectivity index (χ1) is 8.55.